The number of hydrogen-bond donors (Lipinski definition) is 1. The molecular formula is C11H11N. The van der Waals surface area contributed by atoms with Crippen molar-refractivity contribution in [3.8, 4) is 0 Å². The highest BCUT2D eigenvalue weighted by Gasteiger charge is 1.95. The second kappa shape index (κ2) is 2.86. The smallest absolute Gasteiger partial charge is 0.0645 e. The minimum Gasteiger partial charge on any atom is -0.388 e. The fraction of sp³-hybridized carbons (Fsp3) is 0.0909. The van der Waals surface area contributed by atoms with E-state index in [0.717, 1.165) is 0 Å². The Bertz CT molecular complexity index is 688. The Balaban J connectivity index is 3.21. The van der Waals surface area contributed by atoms with Crippen molar-refractivity contribution in [2.24, 2.45) is 0 Å². The molecule has 1 heteroatoms. The fourth-order valence-electron chi connectivity index (χ4n) is 1.00. The molecular weight excluding hydrogens is 146 g/mol. The van der Waals surface area contributed by atoms with Crippen LogP contribution in [-0.4, -0.2) is 7.05 Å². The van der Waals surface area contributed by atoms with E-state index in [0.29, 0.717) is 0 Å². The quantitative estimate of drug-likeness (QED) is 0.683. The molecule has 0 atom stereocenters. The Morgan fingerprint density at radius 1 is 1.08 bits per heavy atom. The first-order chi connectivity index (χ1) is 8.82. The predicted molar refractivity (Wildman–Crippen MR) is 53.5 cm³/mol. The SMILES string of the molecule is [2H]c1c([2H])c([2H])c2c(NC)c([2H])c([2H])c([2H])c2c1[2H]. The summed E-state index contributed by atoms with van der Waals surface area (Å²) in [6.07, 6.45) is 0. The van der Waals surface area contributed by atoms with Crippen LogP contribution in [0.2, 0.25) is 0 Å². The van der Waals surface area contributed by atoms with Crippen LogP contribution in [0.1, 0.15) is 9.60 Å². The van der Waals surface area contributed by atoms with E-state index in [1.54, 1.807) is 0 Å². The molecule has 0 saturated heterocycles. The van der Waals surface area contributed by atoms with Gasteiger partial charge in [-0.3, -0.25) is 0 Å². The maximum atomic E-state index is 7.88. The zero-order chi connectivity index (χ0) is 14.5. The Morgan fingerprint density at radius 2 is 1.83 bits per heavy atom. The van der Waals surface area contributed by atoms with Crippen molar-refractivity contribution in [1.29, 1.82) is 0 Å². The summed E-state index contributed by atoms with van der Waals surface area (Å²) in [7, 11) is 1.51. The zero-order valence-corrected chi connectivity index (χ0v) is 6.50. The highest BCUT2D eigenvalue weighted by Crippen LogP contribution is 2.21. The van der Waals surface area contributed by atoms with Gasteiger partial charge in [0.05, 0.1) is 9.60 Å². The van der Waals surface area contributed by atoms with Gasteiger partial charge in [-0.05, 0) is 11.4 Å². The fourth-order valence-corrected chi connectivity index (χ4v) is 1.00. The second-order valence-electron chi connectivity index (χ2n) is 2.25. The van der Waals surface area contributed by atoms with E-state index < -0.39 is 12.1 Å². The summed E-state index contributed by atoms with van der Waals surface area (Å²) in [4.78, 5) is 0. The molecule has 0 amide bonds. The number of rotatable bonds is 1. The van der Waals surface area contributed by atoms with Gasteiger partial charge in [-0.2, -0.15) is 0 Å². The van der Waals surface area contributed by atoms with Crippen molar-refractivity contribution in [3.05, 3.63) is 42.3 Å². The van der Waals surface area contributed by atoms with E-state index in [-0.39, 0.29) is 46.7 Å². The third-order valence-electron chi connectivity index (χ3n) is 1.56. The van der Waals surface area contributed by atoms with Crippen LogP contribution in [0.15, 0.2) is 42.3 Å². The van der Waals surface area contributed by atoms with E-state index >= 15 is 0 Å². The molecule has 12 heavy (non-hydrogen) atoms. The lowest BCUT2D eigenvalue weighted by Gasteiger charge is -2.04. The molecule has 0 unspecified atom stereocenters. The third kappa shape index (κ3) is 1.03. The van der Waals surface area contributed by atoms with Crippen LogP contribution in [0.4, 0.5) is 5.69 Å². The van der Waals surface area contributed by atoms with Gasteiger partial charge in [0, 0.05) is 18.1 Å². The first-order valence-corrected chi connectivity index (χ1v) is 3.50. The summed E-state index contributed by atoms with van der Waals surface area (Å²) in [6, 6.07) is -2.47. The molecule has 0 bridgehead atoms. The maximum absolute atomic E-state index is 7.88. The molecule has 1 N–H and O–H groups in total. The number of nitrogens with one attached hydrogen (secondary N) is 1. The van der Waals surface area contributed by atoms with Gasteiger partial charge in [-0.1, -0.05) is 36.3 Å². The van der Waals surface area contributed by atoms with Gasteiger partial charge in [-0.25, -0.2) is 0 Å². The van der Waals surface area contributed by atoms with Crippen molar-refractivity contribution < 1.29 is 9.60 Å². The third-order valence-corrected chi connectivity index (χ3v) is 1.56. The van der Waals surface area contributed by atoms with Crippen molar-refractivity contribution >= 4 is 16.5 Å². The van der Waals surface area contributed by atoms with Crippen LogP contribution in [0, 0.1) is 0 Å². The summed E-state index contributed by atoms with van der Waals surface area (Å²) in [5.41, 5.74) is 0.142. The zero-order valence-electron chi connectivity index (χ0n) is 13.5. The number of fused-ring (bicyclic) bond motifs is 1. The summed E-state index contributed by atoms with van der Waals surface area (Å²) in [6.45, 7) is 0. The molecule has 0 aliphatic heterocycles. The van der Waals surface area contributed by atoms with Crippen molar-refractivity contribution in [2.45, 2.75) is 0 Å². The van der Waals surface area contributed by atoms with E-state index in [1.807, 2.05) is 0 Å². The molecule has 1 nitrogen and oxygen atoms in total. The molecule has 2 aromatic rings. The number of hydrogen-bond acceptors (Lipinski definition) is 1. The van der Waals surface area contributed by atoms with Crippen molar-refractivity contribution in [2.75, 3.05) is 12.4 Å². The van der Waals surface area contributed by atoms with Crippen molar-refractivity contribution in [3.63, 3.8) is 0 Å². The van der Waals surface area contributed by atoms with E-state index in [9.17, 15) is 0 Å². The normalized spacial score (nSPS) is 18.2. The monoisotopic (exact) mass is 164 g/mol. The lowest BCUT2D eigenvalue weighted by atomic mass is 10.1. The lowest BCUT2D eigenvalue weighted by molar-refractivity contribution is 1.55. The summed E-state index contributed by atoms with van der Waals surface area (Å²) in [5, 5.41) is 2.73. The molecule has 0 aliphatic rings. The molecule has 0 spiro atoms. The molecule has 2 rings (SSSR count). The molecule has 60 valence electrons. The summed E-state index contributed by atoms with van der Waals surface area (Å²) >= 11 is 0. The molecule has 0 aliphatic carbocycles. The van der Waals surface area contributed by atoms with E-state index in [1.165, 1.54) is 7.05 Å². The van der Waals surface area contributed by atoms with Gasteiger partial charge in [0.15, 0.2) is 0 Å². The van der Waals surface area contributed by atoms with Crippen LogP contribution in [0.25, 0.3) is 10.8 Å². The second-order valence-corrected chi connectivity index (χ2v) is 2.25. The Morgan fingerprint density at radius 3 is 2.67 bits per heavy atom. The Kier molecular flexibility index (Phi) is 0.659. The van der Waals surface area contributed by atoms with Crippen LogP contribution < -0.4 is 5.32 Å². The summed E-state index contributed by atoms with van der Waals surface area (Å²) < 4.78 is 54.3. The first-order valence-electron chi connectivity index (χ1n) is 7.00. The first kappa shape index (κ1) is 2.77. The van der Waals surface area contributed by atoms with Gasteiger partial charge in [0.2, 0.25) is 0 Å². The molecule has 2 aromatic carbocycles. The highest BCUT2D eigenvalue weighted by atomic mass is 14.8. The average Bonchev–Trinajstić information content (AvgIpc) is 2.40. The van der Waals surface area contributed by atoms with Crippen LogP contribution >= 0.6 is 0 Å². The van der Waals surface area contributed by atoms with Crippen LogP contribution in [0.5, 0.6) is 0 Å². The number of anilines is 1. The Hall–Kier alpha value is -1.50. The number of benzene rings is 2. The van der Waals surface area contributed by atoms with Gasteiger partial charge in [0.25, 0.3) is 0 Å². The molecule has 0 saturated carbocycles. The van der Waals surface area contributed by atoms with Crippen LogP contribution in [0.3, 0.4) is 0 Å². The van der Waals surface area contributed by atoms with Gasteiger partial charge in [-0.15, -0.1) is 0 Å². The van der Waals surface area contributed by atoms with E-state index in [4.69, 9.17) is 9.60 Å². The topological polar surface area (TPSA) is 12.0 Å². The van der Waals surface area contributed by atoms with Gasteiger partial charge < -0.3 is 5.32 Å². The largest absolute Gasteiger partial charge is 0.388 e. The van der Waals surface area contributed by atoms with Crippen LogP contribution in [-0.2, 0) is 0 Å². The minimum absolute atomic E-state index is 0.0312. The molecule has 0 heterocycles. The van der Waals surface area contributed by atoms with Crippen molar-refractivity contribution in [1.82, 2.24) is 0 Å². The highest BCUT2D eigenvalue weighted by molar-refractivity contribution is 5.93. The molecule has 0 radical (unpaired) electrons. The molecule has 0 aromatic heterocycles. The lowest BCUT2D eigenvalue weighted by Crippen LogP contribution is -1.88. The Labute approximate surface area is 81.9 Å². The maximum Gasteiger partial charge on any atom is 0.0645 e. The molecule has 0 fully saturated rings. The van der Waals surface area contributed by atoms with Gasteiger partial charge >= 0.3 is 0 Å². The summed E-state index contributed by atoms with van der Waals surface area (Å²) in [5.74, 6) is 0. The predicted octanol–water partition coefficient (Wildman–Crippen LogP) is 2.88. The minimum atomic E-state index is -0.440. The average molecular weight is 164 g/mol. The standard InChI is InChI=1S/C11H11N/c1-12-11-8-4-6-9-5-2-3-7-10(9)11/h2-8,12H,1H3/i2D,3D,4D,5D,6D,7D,8D. The van der Waals surface area contributed by atoms with Gasteiger partial charge in [0.1, 0.15) is 0 Å². The van der Waals surface area contributed by atoms with E-state index in [2.05, 4.69) is 5.32 Å².